The van der Waals surface area contributed by atoms with Gasteiger partial charge in [-0.2, -0.15) is 0 Å². The van der Waals surface area contributed by atoms with Crippen LogP contribution < -0.4 is 0 Å². The first kappa shape index (κ1) is 13.5. The Morgan fingerprint density at radius 2 is 1.93 bits per heavy atom. The van der Waals surface area contributed by atoms with Crippen LogP contribution in [0.25, 0.3) is 0 Å². The van der Waals surface area contributed by atoms with E-state index in [9.17, 15) is 9.59 Å². The van der Waals surface area contributed by atoms with Crippen LogP contribution in [0.4, 0.5) is 0 Å². The molecule has 0 aliphatic carbocycles. The van der Waals surface area contributed by atoms with E-state index in [1.165, 1.54) is 11.1 Å². The van der Waals surface area contributed by atoms with Crippen LogP contribution in [0.2, 0.25) is 0 Å². The minimum atomic E-state index is -1.01. The van der Waals surface area contributed by atoms with Crippen LogP contribution in [0.3, 0.4) is 0 Å². The van der Waals surface area contributed by atoms with Crippen molar-refractivity contribution in [2.45, 2.75) is 13.3 Å². The smallest absolute Gasteiger partial charge is 0.329 e. The molecule has 0 spiro atoms. The third-order valence-electron chi connectivity index (χ3n) is 1.78. The molecule has 0 aliphatic heterocycles. The molecule has 0 aromatic rings. The zero-order valence-electron chi connectivity index (χ0n) is 9.43. The fourth-order valence-corrected chi connectivity index (χ4v) is 0.978. The summed E-state index contributed by atoms with van der Waals surface area (Å²) in [5, 5.41) is 8.47. The molecule has 0 aromatic heterocycles. The van der Waals surface area contributed by atoms with Crippen molar-refractivity contribution in [1.82, 2.24) is 9.80 Å². The van der Waals surface area contributed by atoms with Gasteiger partial charge in [0.05, 0.1) is 6.54 Å². The van der Waals surface area contributed by atoms with E-state index >= 15 is 0 Å². The maximum atomic E-state index is 11.4. The summed E-state index contributed by atoms with van der Waals surface area (Å²) in [4.78, 5) is 24.9. The van der Waals surface area contributed by atoms with Crippen molar-refractivity contribution >= 4 is 11.9 Å². The van der Waals surface area contributed by atoms with Gasteiger partial charge in [0.25, 0.3) is 0 Å². The van der Waals surface area contributed by atoms with Crippen molar-refractivity contribution < 1.29 is 14.7 Å². The molecule has 5 heteroatoms. The summed E-state index contributed by atoms with van der Waals surface area (Å²) < 4.78 is 0. The highest BCUT2D eigenvalue weighted by Gasteiger charge is 2.08. The molecule has 0 fully saturated rings. The minimum absolute atomic E-state index is 0.0431. The number of carboxylic acid groups (broad SMARTS) is 1. The molecule has 0 rings (SSSR count). The number of nitrogens with zero attached hydrogens (tertiary/aromatic N) is 2. The Kier molecular flexibility index (Phi) is 6.17. The monoisotopic (exact) mass is 214 g/mol. The molecular formula is C10H18N2O3. The van der Waals surface area contributed by atoms with E-state index in [0.717, 1.165) is 12.5 Å². The van der Waals surface area contributed by atoms with Gasteiger partial charge in [-0.25, -0.2) is 4.79 Å². The lowest BCUT2D eigenvalue weighted by Gasteiger charge is -2.20. The highest BCUT2D eigenvalue weighted by atomic mass is 16.4. The highest BCUT2D eigenvalue weighted by Crippen LogP contribution is 1.95. The van der Waals surface area contributed by atoms with E-state index in [4.69, 9.17) is 5.11 Å². The Hall–Kier alpha value is -1.52. The molecule has 0 heterocycles. The highest BCUT2D eigenvalue weighted by molar-refractivity contribution is 5.80. The van der Waals surface area contributed by atoms with Crippen LogP contribution in [-0.2, 0) is 9.59 Å². The van der Waals surface area contributed by atoms with Crippen molar-refractivity contribution in [3.63, 3.8) is 0 Å². The third kappa shape index (κ3) is 6.54. The number of carbonyl (C=O) groups is 2. The lowest BCUT2D eigenvalue weighted by atomic mass is 10.4. The zero-order chi connectivity index (χ0) is 11.8. The van der Waals surface area contributed by atoms with E-state index in [1.54, 1.807) is 19.0 Å². The Bertz CT molecular complexity index is 249. The molecule has 1 N–H and O–H groups in total. The average molecular weight is 214 g/mol. The number of likely N-dealkylation sites (N-methyl/N-ethyl adjacent to an activating group) is 1. The van der Waals surface area contributed by atoms with Crippen LogP contribution in [0.15, 0.2) is 12.3 Å². The molecule has 0 saturated carbocycles. The second-order valence-electron chi connectivity index (χ2n) is 3.41. The van der Waals surface area contributed by atoms with Crippen molar-refractivity contribution in [3.05, 3.63) is 12.3 Å². The van der Waals surface area contributed by atoms with E-state index in [-0.39, 0.29) is 12.5 Å². The first-order chi connectivity index (χ1) is 6.97. The van der Waals surface area contributed by atoms with Crippen LogP contribution >= 0.6 is 0 Å². The Balaban J connectivity index is 4.27. The van der Waals surface area contributed by atoms with Gasteiger partial charge in [-0.05, 0) is 6.42 Å². The van der Waals surface area contributed by atoms with Gasteiger partial charge in [0.2, 0.25) is 5.91 Å². The lowest BCUT2D eigenvalue weighted by molar-refractivity contribution is -0.132. The van der Waals surface area contributed by atoms with E-state index in [0.29, 0.717) is 6.54 Å². The summed E-state index contributed by atoms with van der Waals surface area (Å²) in [5.41, 5.74) is 0. The molecule has 0 aromatic carbocycles. The maximum Gasteiger partial charge on any atom is 0.329 e. The second-order valence-corrected chi connectivity index (χ2v) is 3.41. The first-order valence-corrected chi connectivity index (χ1v) is 4.82. The number of hydrogen-bond acceptors (Lipinski definition) is 3. The molecule has 1 amide bonds. The topological polar surface area (TPSA) is 60.9 Å². The van der Waals surface area contributed by atoms with Gasteiger partial charge in [-0.3, -0.25) is 4.79 Å². The molecule has 0 aliphatic rings. The summed E-state index contributed by atoms with van der Waals surface area (Å²) in [5.74, 6) is -1.05. The van der Waals surface area contributed by atoms with E-state index in [1.807, 2.05) is 6.92 Å². The average Bonchev–Trinajstić information content (AvgIpc) is 2.14. The van der Waals surface area contributed by atoms with Gasteiger partial charge in [0.1, 0.15) is 0 Å². The molecule has 0 unspecified atom stereocenters. The fraction of sp³-hybridized carbons (Fsp3) is 0.600. The molecule has 0 bridgehead atoms. The summed E-state index contributed by atoms with van der Waals surface area (Å²) in [6.45, 7) is 2.86. The second kappa shape index (κ2) is 6.86. The SMILES string of the molecule is CCCN(C=CC(=O)O)CC(=O)N(C)C. The molecule has 0 saturated heterocycles. The van der Waals surface area contributed by atoms with Gasteiger partial charge in [-0.1, -0.05) is 6.92 Å². The Morgan fingerprint density at radius 1 is 1.33 bits per heavy atom. The van der Waals surface area contributed by atoms with Gasteiger partial charge in [-0.15, -0.1) is 0 Å². The van der Waals surface area contributed by atoms with Crippen LogP contribution in [0.1, 0.15) is 13.3 Å². The van der Waals surface area contributed by atoms with Gasteiger partial charge in [0.15, 0.2) is 0 Å². The maximum absolute atomic E-state index is 11.4. The van der Waals surface area contributed by atoms with Gasteiger partial charge < -0.3 is 14.9 Å². The standard InChI is InChI=1S/C10H18N2O3/c1-4-6-12(7-5-10(14)15)8-9(13)11(2)3/h5,7H,4,6,8H2,1-3H3,(H,14,15). The number of aliphatic carboxylic acids is 1. The predicted octanol–water partition coefficient (Wildman–Crippen LogP) is 0.385. The minimum Gasteiger partial charge on any atom is -0.478 e. The Morgan fingerprint density at radius 3 is 2.33 bits per heavy atom. The quantitative estimate of drug-likeness (QED) is 0.649. The number of amides is 1. The largest absolute Gasteiger partial charge is 0.478 e. The molecule has 0 atom stereocenters. The lowest BCUT2D eigenvalue weighted by Crippen LogP contribution is -2.34. The first-order valence-electron chi connectivity index (χ1n) is 4.82. The van der Waals surface area contributed by atoms with Crippen molar-refractivity contribution in [2.75, 3.05) is 27.2 Å². The molecule has 86 valence electrons. The molecular weight excluding hydrogens is 196 g/mol. The van der Waals surface area contributed by atoms with Gasteiger partial charge >= 0.3 is 5.97 Å². The fourth-order valence-electron chi connectivity index (χ4n) is 0.978. The summed E-state index contributed by atoms with van der Waals surface area (Å²) >= 11 is 0. The zero-order valence-corrected chi connectivity index (χ0v) is 9.43. The van der Waals surface area contributed by atoms with E-state index in [2.05, 4.69) is 0 Å². The van der Waals surface area contributed by atoms with Crippen molar-refractivity contribution in [2.24, 2.45) is 0 Å². The number of carboxylic acids is 1. The normalized spacial score (nSPS) is 10.3. The number of rotatable bonds is 6. The summed E-state index contributed by atoms with van der Waals surface area (Å²) in [6, 6.07) is 0. The summed E-state index contributed by atoms with van der Waals surface area (Å²) in [6.07, 6.45) is 3.34. The van der Waals surface area contributed by atoms with Crippen molar-refractivity contribution in [1.29, 1.82) is 0 Å². The summed E-state index contributed by atoms with van der Waals surface area (Å²) in [7, 11) is 3.35. The molecule has 15 heavy (non-hydrogen) atoms. The van der Waals surface area contributed by atoms with Crippen LogP contribution in [-0.4, -0.2) is 54.0 Å². The van der Waals surface area contributed by atoms with E-state index < -0.39 is 5.97 Å². The number of carbonyl (C=O) groups excluding carboxylic acids is 1. The third-order valence-corrected chi connectivity index (χ3v) is 1.78. The predicted molar refractivity (Wildman–Crippen MR) is 57.3 cm³/mol. The van der Waals surface area contributed by atoms with Gasteiger partial charge in [0, 0.05) is 32.9 Å². The molecule has 5 nitrogen and oxygen atoms in total. The Labute approximate surface area is 90.0 Å². The number of hydrogen-bond donors (Lipinski definition) is 1. The van der Waals surface area contributed by atoms with Crippen molar-refractivity contribution in [3.8, 4) is 0 Å². The van der Waals surface area contributed by atoms with Crippen LogP contribution in [0.5, 0.6) is 0 Å². The molecule has 0 radical (unpaired) electrons. The van der Waals surface area contributed by atoms with Crippen LogP contribution in [0, 0.1) is 0 Å².